The van der Waals surface area contributed by atoms with Crippen molar-refractivity contribution in [3.05, 3.63) is 45.9 Å². The SMILES string of the molecule is Cc1ccc(C(F)(F)F)c(C2Cc3nc(OC[C@@]45CCCN4C[C@H](F)C5)nc(N4CCC(=O)N(C)CC4)c3CO2)c1F. The zero-order valence-electron chi connectivity index (χ0n) is 23.6. The Hall–Kier alpha value is -3.06. The second kappa shape index (κ2) is 10.9. The van der Waals surface area contributed by atoms with E-state index in [1.54, 1.807) is 11.9 Å². The Kier molecular flexibility index (Phi) is 7.53. The Balaban J connectivity index is 1.36. The van der Waals surface area contributed by atoms with E-state index in [0.717, 1.165) is 31.5 Å². The van der Waals surface area contributed by atoms with Crippen LogP contribution in [0.15, 0.2) is 12.1 Å². The number of aryl methyl sites for hydroxylation is 1. The number of carbonyl (C=O) groups is 1. The van der Waals surface area contributed by atoms with Crippen molar-refractivity contribution in [1.29, 1.82) is 0 Å². The maximum Gasteiger partial charge on any atom is 0.416 e. The number of alkyl halides is 4. The van der Waals surface area contributed by atoms with Crippen LogP contribution in [0.1, 0.15) is 59.7 Å². The zero-order chi connectivity index (χ0) is 29.8. The van der Waals surface area contributed by atoms with E-state index in [-0.39, 0.29) is 43.5 Å². The van der Waals surface area contributed by atoms with Crippen molar-refractivity contribution in [3.63, 3.8) is 0 Å². The molecule has 1 unspecified atom stereocenters. The highest BCUT2D eigenvalue weighted by molar-refractivity contribution is 5.77. The Morgan fingerprint density at radius 1 is 1.17 bits per heavy atom. The summed E-state index contributed by atoms with van der Waals surface area (Å²) in [5.41, 5.74) is -1.02. The smallest absolute Gasteiger partial charge is 0.416 e. The molecule has 8 nitrogen and oxygen atoms in total. The number of hydrogen-bond acceptors (Lipinski definition) is 7. The van der Waals surface area contributed by atoms with Crippen LogP contribution in [-0.2, 0) is 28.7 Å². The molecule has 2 aromatic rings. The van der Waals surface area contributed by atoms with Crippen LogP contribution < -0.4 is 9.64 Å². The largest absolute Gasteiger partial charge is 0.461 e. The molecule has 0 saturated carbocycles. The average Bonchev–Trinajstić information content (AvgIpc) is 3.41. The highest BCUT2D eigenvalue weighted by atomic mass is 19.4. The van der Waals surface area contributed by atoms with Gasteiger partial charge >= 0.3 is 12.2 Å². The summed E-state index contributed by atoms with van der Waals surface area (Å²) in [6, 6.07) is 2.01. The minimum Gasteiger partial charge on any atom is -0.461 e. The molecule has 4 aliphatic heterocycles. The van der Waals surface area contributed by atoms with E-state index in [0.29, 0.717) is 49.7 Å². The second-order valence-corrected chi connectivity index (χ2v) is 11.8. The second-order valence-electron chi connectivity index (χ2n) is 11.8. The number of rotatable bonds is 5. The Morgan fingerprint density at radius 2 is 1.98 bits per heavy atom. The summed E-state index contributed by atoms with van der Waals surface area (Å²) >= 11 is 0. The van der Waals surface area contributed by atoms with Gasteiger partial charge in [0.05, 0.1) is 29.5 Å². The van der Waals surface area contributed by atoms with Crippen LogP contribution in [0.25, 0.3) is 0 Å². The molecular weight excluding hydrogens is 561 g/mol. The van der Waals surface area contributed by atoms with Crippen molar-refractivity contribution in [2.45, 2.75) is 69.6 Å². The lowest BCUT2D eigenvalue weighted by molar-refractivity contribution is -0.140. The summed E-state index contributed by atoms with van der Waals surface area (Å²) in [6.45, 7) is 3.91. The highest BCUT2D eigenvalue weighted by Crippen LogP contribution is 2.43. The number of hydrogen-bond donors (Lipinski definition) is 0. The van der Waals surface area contributed by atoms with E-state index in [4.69, 9.17) is 14.5 Å². The number of likely N-dealkylation sites (N-methyl/N-ethyl adjacent to an activating group) is 1. The van der Waals surface area contributed by atoms with Gasteiger partial charge in [0.25, 0.3) is 0 Å². The predicted molar refractivity (Wildman–Crippen MR) is 142 cm³/mol. The quantitative estimate of drug-likeness (QED) is 0.476. The third kappa shape index (κ3) is 5.29. The Bertz CT molecular complexity index is 1370. The minimum absolute atomic E-state index is 0.00903. The van der Waals surface area contributed by atoms with Gasteiger partial charge in [0, 0.05) is 63.6 Å². The van der Waals surface area contributed by atoms with Crippen molar-refractivity contribution < 1.29 is 36.2 Å². The predicted octanol–water partition coefficient (Wildman–Crippen LogP) is 4.38. The molecule has 5 heterocycles. The molecule has 42 heavy (non-hydrogen) atoms. The fraction of sp³-hybridized carbons (Fsp3) is 0.621. The van der Waals surface area contributed by atoms with Crippen molar-refractivity contribution in [2.24, 2.45) is 0 Å². The normalized spacial score (nSPS) is 26.8. The summed E-state index contributed by atoms with van der Waals surface area (Å²) < 4.78 is 83.4. The summed E-state index contributed by atoms with van der Waals surface area (Å²) in [7, 11) is 1.73. The molecule has 3 fully saturated rings. The van der Waals surface area contributed by atoms with Gasteiger partial charge < -0.3 is 19.3 Å². The van der Waals surface area contributed by atoms with E-state index in [9.17, 15) is 22.4 Å². The average molecular weight is 596 g/mol. The number of anilines is 1. The summed E-state index contributed by atoms with van der Waals surface area (Å²) in [5, 5.41) is 0. The van der Waals surface area contributed by atoms with Gasteiger partial charge in [0.2, 0.25) is 5.91 Å². The van der Waals surface area contributed by atoms with Crippen molar-refractivity contribution in [3.8, 4) is 6.01 Å². The molecule has 1 amide bonds. The summed E-state index contributed by atoms with van der Waals surface area (Å²) in [6.07, 6.45) is -4.73. The first-order chi connectivity index (χ1) is 19.9. The molecule has 6 rings (SSSR count). The van der Waals surface area contributed by atoms with Gasteiger partial charge in [-0.15, -0.1) is 0 Å². The number of halogens is 5. The van der Waals surface area contributed by atoms with Gasteiger partial charge in [0.15, 0.2) is 0 Å². The third-order valence-electron chi connectivity index (χ3n) is 9.12. The number of benzene rings is 1. The molecule has 1 aromatic heterocycles. The number of fused-ring (bicyclic) bond motifs is 2. The maximum absolute atomic E-state index is 15.3. The van der Waals surface area contributed by atoms with E-state index in [1.165, 1.54) is 6.92 Å². The molecule has 0 aliphatic carbocycles. The van der Waals surface area contributed by atoms with Crippen LogP contribution in [0.4, 0.5) is 27.8 Å². The van der Waals surface area contributed by atoms with Gasteiger partial charge in [-0.05, 0) is 37.9 Å². The molecule has 0 N–H and O–H groups in total. The number of aromatic nitrogens is 2. The molecule has 0 radical (unpaired) electrons. The van der Waals surface area contributed by atoms with Crippen LogP contribution >= 0.6 is 0 Å². The van der Waals surface area contributed by atoms with Crippen molar-refractivity contribution >= 4 is 11.7 Å². The van der Waals surface area contributed by atoms with Crippen molar-refractivity contribution in [2.75, 3.05) is 51.3 Å². The highest BCUT2D eigenvalue weighted by Gasteiger charge is 2.49. The third-order valence-corrected chi connectivity index (χ3v) is 9.12. The van der Waals surface area contributed by atoms with E-state index >= 15 is 4.39 Å². The first-order valence-electron chi connectivity index (χ1n) is 14.3. The molecule has 1 aromatic carbocycles. The van der Waals surface area contributed by atoms with Gasteiger partial charge in [-0.25, -0.2) is 8.78 Å². The fourth-order valence-electron chi connectivity index (χ4n) is 6.79. The Labute approximate surface area is 240 Å². The Morgan fingerprint density at radius 3 is 2.76 bits per heavy atom. The topological polar surface area (TPSA) is 71.0 Å². The van der Waals surface area contributed by atoms with Gasteiger partial charge in [0.1, 0.15) is 24.4 Å². The number of carbonyl (C=O) groups excluding carboxylic acids is 1. The molecule has 3 atom stereocenters. The lowest BCUT2D eigenvalue weighted by atomic mass is 9.93. The monoisotopic (exact) mass is 595 g/mol. The van der Waals surface area contributed by atoms with Crippen molar-refractivity contribution in [1.82, 2.24) is 19.8 Å². The molecule has 228 valence electrons. The fourth-order valence-corrected chi connectivity index (χ4v) is 6.79. The first kappa shape index (κ1) is 29.0. The number of nitrogens with zero attached hydrogens (tertiary/aromatic N) is 5. The summed E-state index contributed by atoms with van der Waals surface area (Å²) in [4.78, 5) is 27.3. The lowest BCUT2D eigenvalue weighted by Crippen LogP contribution is -2.43. The van der Waals surface area contributed by atoms with Crippen LogP contribution in [0.3, 0.4) is 0 Å². The molecule has 13 heteroatoms. The zero-order valence-corrected chi connectivity index (χ0v) is 23.6. The molecule has 3 saturated heterocycles. The van der Waals surface area contributed by atoms with Crippen LogP contribution in [0.5, 0.6) is 6.01 Å². The van der Waals surface area contributed by atoms with E-state index in [1.807, 2.05) is 4.90 Å². The van der Waals surface area contributed by atoms with Gasteiger partial charge in [-0.1, -0.05) is 6.07 Å². The lowest BCUT2D eigenvalue weighted by Gasteiger charge is -2.33. The van der Waals surface area contributed by atoms with Gasteiger partial charge in [-0.3, -0.25) is 9.69 Å². The minimum atomic E-state index is -4.77. The number of ether oxygens (including phenoxy) is 2. The first-order valence-corrected chi connectivity index (χ1v) is 14.3. The molecule has 4 aliphatic rings. The molecular formula is C29H34F5N5O3. The van der Waals surface area contributed by atoms with E-state index in [2.05, 4.69) is 9.88 Å². The van der Waals surface area contributed by atoms with E-state index < -0.39 is 40.9 Å². The standard InChI is InChI=1S/C29H34F5N5O3/c1-17-4-5-20(29(32,33)34)24(25(17)31)22-12-21-19(15-41-22)26(38-9-6-23(40)37(2)10-11-38)36-27(35-21)42-16-28-7-3-8-39(28)14-18(30)13-28/h4-5,18,22H,3,6-16H2,1-2H3/t18-,22?,28+/m1/s1. The number of amides is 1. The molecule has 0 spiro atoms. The molecule has 0 bridgehead atoms. The van der Waals surface area contributed by atoms with Crippen LogP contribution in [0.2, 0.25) is 0 Å². The van der Waals surface area contributed by atoms with Crippen LogP contribution in [0, 0.1) is 12.7 Å². The van der Waals surface area contributed by atoms with Gasteiger partial charge in [-0.2, -0.15) is 23.1 Å². The maximum atomic E-state index is 15.3. The van der Waals surface area contributed by atoms with Crippen LogP contribution in [-0.4, -0.2) is 83.8 Å². The summed E-state index contributed by atoms with van der Waals surface area (Å²) in [5.74, 6) is -0.487.